The van der Waals surface area contributed by atoms with E-state index in [0.717, 1.165) is 27.5 Å². The van der Waals surface area contributed by atoms with Gasteiger partial charge in [-0.05, 0) is 30.7 Å². The highest BCUT2D eigenvalue weighted by atomic mass is 16.3. The van der Waals surface area contributed by atoms with Crippen LogP contribution in [0.4, 0.5) is 0 Å². The Morgan fingerprint density at radius 2 is 1.61 bits per heavy atom. The molecule has 1 unspecified atom stereocenters. The van der Waals surface area contributed by atoms with Crippen LogP contribution in [0.1, 0.15) is 32.4 Å². The van der Waals surface area contributed by atoms with Gasteiger partial charge in [0.15, 0.2) is 0 Å². The number of nitrogens with two attached hydrogens (primary N) is 1. The van der Waals surface area contributed by atoms with Gasteiger partial charge in [-0.3, -0.25) is 0 Å². The lowest BCUT2D eigenvalue weighted by atomic mass is 10.1. The van der Waals surface area contributed by atoms with Crippen LogP contribution in [-0.2, 0) is 0 Å². The van der Waals surface area contributed by atoms with E-state index in [1.165, 1.54) is 0 Å². The third kappa shape index (κ3) is 2.12. The topological polar surface area (TPSA) is 39.2 Å². The summed E-state index contributed by atoms with van der Waals surface area (Å²) in [5, 5.41) is 2.30. The van der Waals surface area contributed by atoms with E-state index in [2.05, 4.69) is 12.1 Å². The number of hydrogen-bond donors (Lipinski definition) is 1. The maximum absolute atomic E-state index is 5.89. The molecule has 0 spiro atoms. The van der Waals surface area contributed by atoms with Crippen LogP contribution in [0.5, 0.6) is 0 Å². The van der Waals surface area contributed by atoms with E-state index in [-0.39, 0.29) is 6.04 Å². The Balaban J connectivity index is 0.000000574. The molecule has 94 valence electrons. The Hall–Kier alpha value is -1.80. The summed E-state index contributed by atoms with van der Waals surface area (Å²) in [4.78, 5) is 0. The zero-order chi connectivity index (χ0) is 13.1. The van der Waals surface area contributed by atoms with Crippen molar-refractivity contribution in [2.45, 2.75) is 26.8 Å². The summed E-state index contributed by atoms with van der Waals surface area (Å²) in [5.74, 6) is 0. The highest BCUT2D eigenvalue weighted by Crippen LogP contribution is 2.30. The maximum Gasteiger partial charge on any atom is 0.135 e. The average Bonchev–Trinajstić information content (AvgIpc) is 2.78. The van der Waals surface area contributed by atoms with E-state index in [1.807, 2.05) is 51.1 Å². The Kier molecular flexibility index (Phi) is 3.68. The van der Waals surface area contributed by atoms with E-state index >= 15 is 0 Å². The van der Waals surface area contributed by atoms with Crippen molar-refractivity contribution in [3.63, 3.8) is 0 Å². The third-order valence-corrected chi connectivity index (χ3v) is 2.93. The second-order valence-electron chi connectivity index (χ2n) is 4.14. The van der Waals surface area contributed by atoms with Crippen LogP contribution in [-0.4, -0.2) is 0 Å². The van der Waals surface area contributed by atoms with Gasteiger partial charge in [-0.2, -0.15) is 0 Å². The Labute approximate surface area is 107 Å². The van der Waals surface area contributed by atoms with Crippen molar-refractivity contribution in [1.82, 2.24) is 0 Å². The minimum absolute atomic E-state index is 0.0538. The molecule has 0 aliphatic heterocycles. The molecule has 3 aromatic rings. The SMILES string of the molecule is CC.CC(N)c1ccc2oc3ccccc3c2c1. The molecule has 0 bridgehead atoms. The van der Waals surface area contributed by atoms with Gasteiger partial charge in [0.2, 0.25) is 0 Å². The van der Waals surface area contributed by atoms with Crippen LogP contribution < -0.4 is 5.73 Å². The maximum atomic E-state index is 5.89. The number of rotatable bonds is 1. The van der Waals surface area contributed by atoms with Gasteiger partial charge in [-0.25, -0.2) is 0 Å². The van der Waals surface area contributed by atoms with E-state index in [0.29, 0.717) is 0 Å². The van der Waals surface area contributed by atoms with Crippen molar-refractivity contribution >= 4 is 21.9 Å². The van der Waals surface area contributed by atoms with E-state index in [4.69, 9.17) is 10.2 Å². The lowest BCUT2D eigenvalue weighted by Crippen LogP contribution is -2.04. The molecule has 1 atom stereocenters. The van der Waals surface area contributed by atoms with Crippen LogP contribution in [0.3, 0.4) is 0 Å². The molecular weight excluding hydrogens is 222 g/mol. The van der Waals surface area contributed by atoms with Gasteiger partial charge < -0.3 is 10.2 Å². The number of para-hydroxylation sites is 1. The zero-order valence-electron chi connectivity index (χ0n) is 11.1. The third-order valence-electron chi connectivity index (χ3n) is 2.93. The van der Waals surface area contributed by atoms with Gasteiger partial charge in [0.1, 0.15) is 11.2 Å². The van der Waals surface area contributed by atoms with Gasteiger partial charge in [0.25, 0.3) is 0 Å². The molecule has 0 saturated carbocycles. The van der Waals surface area contributed by atoms with Crippen LogP contribution >= 0.6 is 0 Å². The second-order valence-corrected chi connectivity index (χ2v) is 4.14. The summed E-state index contributed by atoms with van der Waals surface area (Å²) in [7, 11) is 0. The first-order chi connectivity index (χ1) is 8.75. The Morgan fingerprint density at radius 3 is 2.33 bits per heavy atom. The largest absolute Gasteiger partial charge is 0.456 e. The minimum Gasteiger partial charge on any atom is -0.456 e. The fraction of sp³-hybridized carbons (Fsp3) is 0.250. The van der Waals surface area contributed by atoms with Crippen molar-refractivity contribution < 1.29 is 4.42 Å². The molecule has 0 aliphatic rings. The summed E-state index contributed by atoms with van der Waals surface area (Å²) < 4.78 is 5.75. The van der Waals surface area contributed by atoms with Crippen LogP contribution in [0.2, 0.25) is 0 Å². The van der Waals surface area contributed by atoms with Crippen molar-refractivity contribution in [2.24, 2.45) is 5.73 Å². The van der Waals surface area contributed by atoms with Gasteiger partial charge in [-0.15, -0.1) is 0 Å². The van der Waals surface area contributed by atoms with E-state index in [1.54, 1.807) is 0 Å². The fourth-order valence-corrected chi connectivity index (χ4v) is 2.03. The Morgan fingerprint density at radius 1 is 0.944 bits per heavy atom. The van der Waals surface area contributed by atoms with E-state index < -0.39 is 0 Å². The Bertz CT molecular complexity index is 652. The molecule has 0 fully saturated rings. The first kappa shape index (κ1) is 12.7. The molecule has 0 radical (unpaired) electrons. The monoisotopic (exact) mass is 241 g/mol. The lowest BCUT2D eigenvalue weighted by Gasteiger charge is -2.04. The molecular formula is C16H19NO. The lowest BCUT2D eigenvalue weighted by molar-refractivity contribution is 0.668. The molecule has 2 heteroatoms. The standard InChI is InChI=1S/C14H13NO.C2H6/c1-9(15)10-6-7-14-12(8-10)11-4-2-3-5-13(11)16-14;1-2/h2-9H,15H2,1H3;1-2H3. The van der Waals surface area contributed by atoms with Crippen molar-refractivity contribution in [3.8, 4) is 0 Å². The molecule has 2 aromatic carbocycles. The second kappa shape index (κ2) is 5.23. The first-order valence-electron chi connectivity index (χ1n) is 6.42. The van der Waals surface area contributed by atoms with Gasteiger partial charge in [-0.1, -0.05) is 38.1 Å². The van der Waals surface area contributed by atoms with Crippen molar-refractivity contribution in [1.29, 1.82) is 0 Å². The van der Waals surface area contributed by atoms with E-state index in [9.17, 15) is 0 Å². The molecule has 3 rings (SSSR count). The molecule has 1 heterocycles. The number of furan rings is 1. The average molecular weight is 241 g/mol. The van der Waals surface area contributed by atoms with Gasteiger partial charge >= 0.3 is 0 Å². The number of fused-ring (bicyclic) bond motifs is 3. The molecule has 2 N–H and O–H groups in total. The molecule has 0 saturated heterocycles. The summed E-state index contributed by atoms with van der Waals surface area (Å²) in [6.45, 7) is 5.99. The predicted molar refractivity (Wildman–Crippen MR) is 77.7 cm³/mol. The van der Waals surface area contributed by atoms with Crippen molar-refractivity contribution in [2.75, 3.05) is 0 Å². The highest BCUT2D eigenvalue weighted by molar-refractivity contribution is 6.04. The number of hydrogen-bond acceptors (Lipinski definition) is 2. The summed E-state index contributed by atoms with van der Waals surface area (Å²) >= 11 is 0. The van der Waals surface area contributed by atoms with Crippen LogP contribution in [0.15, 0.2) is 46.9 Å². The highest BCUT2D eigenvalue weighted by Gasteiger charge is 2.07. The zero-order valence-corrected chi connectivity index (χ0v) is 11.1. The summed E-state index contributed by atoms with van der Waals surface area (Å²) in [5.41, 5.74) is 8.88. The van der Waals surface area contributed by atoms with Crippen LogP contribution in [0, 0.1) is 0 Å². The number of benzene rings is 2. The minimum atomic E-state index is 0.0538. The quantitative estimate of drug-likeness (QED) is 0.674. The molecule has 0 aliphatic carbocycles. The summed E-state index contributed by atoms with van der Waals surface area (Å²) in [6, 6.07) is 14.3. The predicted octanol–water partition coefficient (Wildman–Crippen LogP) is 4.63. The normalized spacial score (nSPS) is 12.2. The van der Waals surface area contributed by atoms with Crippen LogP contribution in [0.25, 0.3) is 21.9 Å². The fourth-order valence-electron chi connectivity index (χ4n) is 2.03. The molecule has 1 aromatic heterocycles. The molecule has 2 nitrogen and oxygen atoms in total. The first-order valence-corrected chi connectivity index (χ1v) is 6.42. The summed E-state index contributed by atoms with van der Waals surface area (Å²) in [6.07, 6.45) is 0. The smallest absolute Gasteiger partial charge is 0.135 e. The molecule has 0 amide bonds. The van der Waals surface area contributed by atoms with Crippen molar-refractivity contribution in [3.05, 3.63) is 48.0 Å². The molecule has 18 heavy (non-hydrogen) atoms. The van der Waals surface area contributed by atoms with Gasteiger partial charge in [0, 0.05) is 16.8 Å². The van der Waals surface area contributed by atoms with Gasteiger partial charge in [0.05, 0.1) is 0 Å².